The van der Waals surface area contributed by atoms with Crippen molar-refractivity contribution in [1.82, 2.24) is 4.98 Å². The van der Waals surface area contributed by atoms with Crippen LogP contribution in [0, 0.1) is 0 Å². The van der Waals surface area contributed by atoms with E-state index in [4.69, 9.17) is 9.47 Å². The van der Waals surface area contributed by atoms with Crippen LogP contribution in [0.5, 0.6) is 11.5 Å². The Bertz CT molecular complexity index is 1120. The first-order valence-corrected chi connectivity index (χ1v) is 9.98. The Labute approximate surface area is 178 Å². The van der Waals surface area contributed by atoms with E-state index in [1.165, 1.54) is 23.8 Å². The molecule has 0 spiro atoms. The molecule has 2 amide bonds. The van der Waals surface area contributed by atoms with Crippen molar-refractivity contribution in [3.63, 3.8) is 0 Å². The van der Waals surface area contributed by atoms with E-state index in [1.807, 2.05) is 12.1 Å². The zero-order valence-corrected chi connectivity index (χ0v) is 17.2. The Kier molecular flexibility index (Phi) is 5.58. The molecule has 8 heteroatoms. The molecule has 0 unspecified atom stereocenters. The molecule has 1 aliphatic rings. The lowest BCUT2D eigenvalue weighted by Crippen LogP contribution is -2.38. The summed E-state index contributed by atoms with van der Waals surface area (Å²) in [6, 6.07) is 16.0. The lowest BCUT2D eigenvalue weighted by atomic mass is 10.2. The molecule has 0 atom stereocenters. The number of hydrogen-bond acceptors (Lipinski definition) is 6. The first kappa shape index (κ1) is 19.8. The number of carbonyl (C=O) groups is 2. The second-order valence-corrected chi connectivity index (χ2v) is 7.46. The van der Waals surface area contributed by atoms with Crippen LogP contribution in [0.25, 0.3) is 0 Å². The molecule has 0 saturated heterocycles. The van der Waals surface area contributed by atoms with Gasteiger partial charge in [0, 0.05) is 17.2 Å². The number of pyridine rings is 1. The Morgan fingerprint density at radius 2 is 1.93 bits per heavy atom. The van der Waals surface area contributed by atoms with E-state index in [2.05, 4.69) is 10.3 Å². The van der Waals surface area contributed by atoms with Gasteiger partial charge in [-0.2, -0.15) is 0 Å². The van der Waals surface area contributed by atoms with Gasteiger partial charge in [0.2, 0.25) is 5.91 Å². The van der Waals surface area contributed by atoms with Crippen molar-refractivity contribution in [3.05, 3.63) is 66.4 Å². The Balaban J connectivity index is 1.65. The quantitative estimate of drug-likeness (QED) is 0.674. The van der Waals surface area contributed by atoms with Crippen molar-refractivity contribution in [2.24, 2.45) is 0 Å². The number of nitrogens with zero attached hydrogens (tertiary/aromatic N) is 2. The first-order chi connectivity index (χ1) is 14.6. The zero-order chi connectivity index (χ0) is 21.1. The van der Waals surface area contributed by atoms with E-state index in [0.29, 0.717) is 33.5 Å². The average molecular weight is 421 g/mol. The van der Waals surface area contributed by atoms with Gasteiger partial charge in [0.25, 0.3) is 5.91 Å². The van der Waals surface area contributed by atoms with Crippen LogP contribution in [0.2, 0.25) is 0 Å². The predicted octanol–water partition coefficient (Wildman–Crippen LogP) is 3.85. The molecule has 1 N–H and O–H groups in total. The van der Waals surface area contributed by atoms with Crippen molar-refractivity contribution in [2.45, 2.75) is 9.92 Å². The van der Waals surface area contributed by atoms with Crippen molar-refractivity contribution in [3.8, 4) is 11.5 Å². The molecule has 2 heterocycles. The molecule has 152 valence electrons. The van der Waals surface area contributed by atoms with Crippen molar-refractivity contribution >= 4 is 35.0 Å². The summed E-state index contributed by atoms with van der Waals surface area (Å²) in [6.45, 7) is -0.174. The van der Waals surface area contributed by atoms with Crippen molar-refractivity contribution in [1.29, 1.82) is 0 Å². The highest BCUT2D eigenvalue weighted by molar-refractivity contribution is 7.99. The summed E-state index contributed by atoms with van der Waals surface area (Å²) in [5.74, 6) is 0.456. The minimum absolute atomic E-state index is 0.174. The summed E-state index contributed by atoms with van der Waals surface area (Å²) in [4.78, 5) is 32.8. The van der Waals surface area contributed by atoms with Gasteiger partial charge in [-0.1, -0.05) is 23.9 Å². The van der Waals surface area contributed by atoms with Gasteiger partial charge in [-0.25, -0.2) is 4.98 Å². The Morgan fingerprint density at radius 3 is 2.73 bits per heavy atom. The minimum Gasteiger partial charge on any atom is -0.497 e. The highest BCUT2D eigenvalue weighted by atomic mass is 32.2. The molecular formula is C22H19N3O4S. The van der Waals surface area contributed by atoms with Crippen molar-refractivity contribution < 1.29 is 19.1 Å². The maximum atomic E-state index is 13.3. The average Bonchev–Trinajstić information content (AvgIpc) is 2.88. The number of benzene rings is 2. The largest absolute Gasteiger partial charge is 0.497 e. The molecule has 0 aliphatic carbocycles. The number of ether oxygens (including phenoxy) is 2. The third-order valence-electron chi connectivity index (χ3n) is 4.59. The zero-order valence-electron chi connectivity index (χ0n) is 16.4. The number of amides is 2. The normalized spacial score (nSPS) is 12.5. The number of hydrogen-bond donors (Lipinski definition) is 1. The van der Waals surface area contributed by atoms with Crippen LogP contribution in [-0.2, 0) is 4.79 Å². The smallest absolute Gasteiger partial charge is 0.259 e. The summed E-state index contributed by atoms with van der Waals surface area (Å²) in [5.41, 5.74) is 1.59. The van der Waals surface area contributed by atoms with Crippen LogP contribution in [-0.4, -0.2) is 37.6 Å². The summed E-state index contributed by atoms with van der Waals surface area (Å²) < 4.78 is 10.5. The molecule has 0 radical (unpaired) electrons. The molecule has 0 bridgehead atoms. The fourth-order valence-electron chi connectivity index (χ4n) is 3.16. The van der Waals surface area contributed by atoms with Gasteiger partial charge < -0.3 is 14.8 Å². The molecule has 2 aromatic carbocycles. The van der Waals surface area contributed by atoms with Crippen LogP contribution in [0.4, 0.5) is 11.4 Å². The number of carbonyl (C=O) groups excluding carboxylic acids is 2. The Hall–Kier alpha value is -3.52. The van der Waals surface area contributed by atoms with Crippen LogP contribution in [0.1, 0.15) is 10.4 Å². The van der Waals surface area contributed by atoms with Gasteiger partial charge in [0.15, 0.2) is 0 Å². The predicted molar refractivity (Wildman–Crippen MR) is 115 cm³/mol. The summed E-state index contributed by atoms with van der Waals surface area (Å²) in [6.07, 6.45) is 1.67. The Morgan fingerprint density at radius 1 is 1.10 bits per heavy atom. The highest BCUT2D eigenvalue weighted by Crippen LogP contribution is 2.39. The standard InChI is InChI=1S/C22H19N3O4S/c1-28-14-9-10-18(29-2)16(12-14)24-20(26)13-25-17-7-5-11-23-21(17)30-19-8-4-3-6-15(19)22(25)27/h3-12H,13H2,1-2H3,(H,24,26). The molecule has 0 fully saturated rings. The van der Waals surface area contributed by atoms with Gasteiger partial charge in [-0.15, -0.1) is 0 Å². The van der Waals surface area contributed by atoms with Gasteiger partial charge in [0.05, 0.1) is 31.2 Å². The molecular weight excluding hydrogens is 402 g/mol. The van der Waals surface area contributed by atoms with Crippen LogP contribution in [0.15, 0.2) is 70.7 Å². The number of methoxy groups -OCH3 is 2. The fourth-order valence-corrected chi connectivity index (χ4v) is 4.18. The number of anilines is 2. The van der Waals surface area contributed by atoms with Gasteiger partial charge >= 0.3 is 0 Å². The molecule has 0 saturated carbocycles. The monoisotopic (exact) mass is 421 g/mol. The third kappa shape index (κ3) is 3.81. The summed E-state index contributed by atoms with van der Waals surface area (Å²) in [5, 5.41) is 3.48. The molecule has 4 rings (SSSR count). The van der Waals surface area contributed by atoms with E-state index >= 15 is 0 Å². The van der Waals surface area contributed by atoms with Gasteiger partial charge in [-0.05, 0) is 36.4 Å². The van der Waals surface area contributed by atoms with Gasteiger partial charge in [-0.3, -0.25) is 14.5 Å². The lowest BCUT2D eigenvalue weighted by Gasteiger charge is -2.22. The van der Waals surface area contributed by atoms with E-state index in [-0.39, 0.29) is 18.4 Å². The van der Waals surface area contributed by atoms with Gasteiger partial charge in [0.1, 0.15) is 23.1 Å². The maximum Gasteiger partial charge on any atom is 0.259 e. The topological polar surface area (TPSA) is 80.8 Å². The number of aromatic nitrogens is 1. The van der Waals surface area contributed by atoms with E-state index in [9.17, 15) is 9.59 Å². The molecule has 3 aromatic rings. The number of rotatable bonds is 5. The second-order valence-electron chi connectivity index (χ2n) is 6.43. The SMILES string of the molecule is COc1ccc(OC)c(NC(=O)CN2C(=O)c3ccccc3Sc3ncccc32)c1. The molecule has 1 aliphatic heterocycles. The van der Waals surface area contributed by atoms with E-state index in [0.717, 1.165) is 4.90 Å². The minimum atomic E-state index is -0.367. The summed E-state index contributed by atoms with van der Waals surface area (Å²) >= 11 is 1.41. The number of fused-ring (bicyclic) bond motifs is 2. The maximum absolute atomic E-state index is 13.3. The highest BCUT2D eigenvalue weighted by Gasteiger charge is 2.29. The number of nitrogens with one attached hydrogen (secondary N) is 1. The van der Waals surface area contributed by atoms with E-state index < -0.39 is 0 Å². The molecule has 1 aromatic heterocycles. The molecule has 30 heavy (non-hydrogen) atoms. The van der Waals surface area contributed by atoms with E-state index in [1.54, 1.807) is 55.8 Å². The lowest BCUT2D eigenvalue weighted by molar-refractivity contribution is -0.114. The van der Waals surface area contributed by atoms with Crippen LogP contribution < -0.4 is 19.7 Å². The third-order valence-corrected chi connectivity index (χ3v) is 5.68. The summed E-state index contributed by atoms with van der Waals surface area (Å²) in [7, 11) is 3.06. The second kappa shape index (κ2) is 8.46. The fraction of sp³-hybridized carbons (Fsp3) is 0.136. The molecule has 7 nitrogen and oxygen atoms in total. The van der Waals surface area contributed by atoms with Crippen LogP contribution >= 0.6 is 11.8 Å². The van der Waals surface area contributed by atoms with Crippen molar-refractivity contribution in [2.75, 3.05) is 31.0 Å². The first-order valence-electron chi connectivity index (χ1n) is 9.16. The van der Waals surface area contributed by atoms with Crippen LogP contribution in [0.3, 0.4) is 0 Å².